The van der Waals surface area contributed by atoms with E-state index in [1.807, 2.05) is 29.2 Å². The highest BCUT2D eigenvalue weighted by Crippen LogP contribution is 2.42. The highest BCUT2D eigenvalue weighted by Gasteiger charge is 2.21. The smallest absolute Gasteiger partial charge is 0.127 e. The summed E-state index contributed by atoms with van der Waals surface area (Å²) in [5, 5.41) is 0.482. The van der Waals surface area contributed by atoms with Crippen molar-refractivity contribution in [3.05, 3.63) is 55.5 Å². The second-order valence-electron chi connectivity index (χ2n) is 4.89. The highest BCUT2D eigenvalue weighted by atomic mass is 79.9. The lowest BCUT2D eigenvalue weighted by Crippen LogP contribution is -1.96. The van der Waals surface area contributed by atoms with Gasteiger partial charge >= 0.3 is 0 Å². The Kier molecular flexibility index (Phi) is 4.46. The fourth-order valence-corrected chi connectivity index (χ4v) is 5.88. The van der Waals surface area contributed by atoms with Gasteiger partial charge in [0.15, 0.2) is 0 Å². The average Bonchev–Trinajstić information content (AvgIpc) is 2.86. The van der Waals surface area contributed by atoms with E-state index in [4.69, 9.17) is 11.6 Å². The number of thiophene rings is 1. The topological polar surface area (TPSA) is 0 Å². The molecule has 2 aromatic rings. The quantitative estimate of drug-likeness (QED) is 0.555. The molecule has 0 aliphatic carbocycles. The fraction of sp³-hybridized carbons (Fsp3) is 0.333. The Morgan fingerprint density at radius 3 is 2.90 bits per heavy atom. The zero-order chi connectivity index (χ0) is 14.3. The molecule has 0 spiro atoms. The van der Waals surface area contributed by atoms with Crippen molar-refractivity contribution in [3.8, 4) is 0 Å². The maximum Gasteiger partial charge on any atom is 0.127 e. The van der Waals surface area contributed by atoms with Crippen LogP contribution in [0.4, 0.5) is 4.39 Å². The van der Waals surface area contributed by atoms with E-state index in [1.165, 1.54) is 27.1 Å². The third kappa shape index (κ3) is 2.80. The van der Waals surface area contributed by atoms with E-state index < -0.39 is 0 Å². The van der Waals surface area contributed by atoms with Crippen molar-refractivity contribution >= 4 is 50.6 Å². The van der Waals surface area contributed by atoms with Gasteiger partial charge in [0.1, 0.15) is 5.82 Å². The third-order valence-electron chi connectivity index (χ3n) is 3.45. The third-order valence-corrected chi connectivity index (χ3v) is 7.37. The lowest BCUT2D eigenvalue weighted by atomic mass is 10.1. The molecule has 0 N–H and O–H groups in total. The molecular weight excluding hydrogens is 379 g/mol. The van der Waals surface area contributed by atoms with Crippen molar-refractivity contribution < 1.29 is 4.39 Å². The van der Waals surface area contributed by atoms with Crippen molar-refractivity contribution in [2.24, 2.45) is 0 Å². The Bertz CT molecular complexity index is 630. The first kappa shape index (κ1) is 14.9. The fourth-order valence-electron chi connectivity index (χ4n) is 2.32. The van der Waals surface area contributed by atoms with E-state index in [0.717, 1.165) is 17.7 Å². The van der Waals surface area contributed by atoms with E-state index in [-0.39, 0.29) is 10.6 Å². The lowest BCUT2D eigenvalue weighted by Gasteiger charge is -2.12. The van der Waals surface area contributed by atoms with Gasteiger partial charge in [-0.25, -0.2) is 4.39 Å². The van der Waals surface area contributed by atoms with Crippen LogP contribution >= 0.6 is 50.6 Å². The number of hydrogen-bond donors (Lipinski definition) is 0. The number of benzene rings is 1. The van der Waals surface area contributed by atoms with Crippen molar-refractivity contribution in [1.82, 2.24) is 0 Å². The van der Waals surface area contributed by atoms with Crippen LogP contribution in [0.1, 0.15) is 31.3 Å². The number of aryl methyl sites for hydroxylation is 2. The number of alkyl halides is 1. The zero-order valence-corrected chi connectivity index (χ0v) is 14.9. The highest BCUT2D eigenvalue weighted by molar-refractivity contribution is 9.09. The second-order valence-corrected chi connectivity index (χ2v) is 8.48. The first-order valence-electron chi connectivity index (χ1n) is 6.35. The summed E-state index contributed by atoms with van der Waals surface area (Å²) in [6, 6.07) is 5.51. The van der Waals surface area contributed by atoms with Gasteiger partial charge in [0, 0.05) is 20.5 Å². The van der Waals surface area contributed by atoms with Crippen molar-refractivity contribution in [1.29, 1.82) is 0 Å². The monoisotopic (exact) mass is 390 g/mol. The van der Waals surface area contributed by atoms with Crippen LogP contribution in [0, 0.1) is 12.7 Å². The van der Waals surface area contributed by atoms with Crippen LogP contribution in [0.15, 0.2) is 18.2 Å². The van der Waals surface area contributed by atoms with E-state index >= 15 is 0 Å². The van der Waals surface area contributed by atoms with Crippen LogP contribution in [0.25, 0.3) is 0 Å². The van der Waals surface area contributed by atoms with Crippen molar-refractivity contribution in [2.75, 3.05) is 5.75 Å². The van der Waals surface area contributed by atoms with Gasteiger partial charge in [-0.1, -0.05) is 33.6 Å². The first-order chi connectivity index (χ1) is 9.56. The minimum atomic E-state index is -0.250. The maximum absolute atomic E-state index is 13.5. The summed E-state index contributed by atoms with van der Waals surface area (Å²) in [4.78, 5) is 2.78. The molecule has 1 aromatic carbocycles. The Morgan fingerprint density at radius 1 is 1.35 bits per heavy atom. The number of halogens is 3. The molecule has 1 unspecified atom stereocenters. The van der Waals surface area contributed by atoms with Gasteiger partial charge in [-0.2, -0.15) is 11.8 Å². The van der Waals surface area contributed by atoms with Crippen LogP contribution in [-0.2, 0) is 12.2 Å². The molecule has 0 radical (unpaired) electrons. The van der Waals surface area contributed by atoms with Crippen LogP contribution in [0.3, 0.4) is 0 Å². The molecular formula is C15H13BrClFS2. The molecule has 1 aliphatic heterocycles. The Balaban J connectivity index is 1.98. The standard InChI is InChI=1S/C15H13BrClFS2/c1-8-4-10(11(17)6-12(8)18)15(16)14-5-9-7-19-3-2-13(9)20-14/h4-6,15H,2-3,7H2,1H3. The predicted molar refractivity (Wildman–Crippen MR) is 91.1 cm³/mol. The van der Waals surface area contributed by atoms with Crippen LogP contribution < -0.4 is 0 Å². The Morgan fingerprint density at radius 2 is 2.15 bits per heavy atom. The average molecular weight is 392 g/mol. The molecule has 20 heavy (non-hydrogen) atoms. The van der Waals surface area contributed by atoms with E-state index in [0.29, 0.717) is 10.6 Å². The molecule has 0 nitrogen and oxygen atoms in total. The molecule has 2 heterocycles. The second kappa shape index (κ2) is 5.99. The normalized spacial score (nSPS) is 16.0. The SMILES string of the molecule is Cc1cc(C(Br)c2cc3c(s2)CCSC3)c(Cl)cc1F. The summed E-state index contributed by atoms with van der Waals surface area (Å²) >= 11 is 13.8. The number of rotatable bonds is 2. The largest absolute Gasteiger partial charge is 0.207 e. The molecule has 1 atom stereocenters. The van der Waals surface area contributed by atoms with Gasteiger partial charge in [-0.3, -0.25) is 0 Å². The van der Waals surface area contributed by atoms with E-state index in [9.17, 15) is 4.39 Å². The summed E-state index contributed by atoms with van der Waals surface area (Å²) in [5.41, 5.74) is 3.02. The maximum atomic E-state index is 13.5. The summed E-state index contributed by atoms with van der Waals surface area (Å²) in [6.07, 6.45) is 1.15. The van der Waals surface area contributed by atoms with E-state index in [2.05, 4.69) is 22.0 Å². The molecule has 1 aliphatic rings. The van der Waals surface area contributed by atoms with Crippen LogP contribution in [-0.4, -0.2) is 5.75 Å². The van der Waals surface area contributed by atoms with Gasteiger partial charge in [0.2, 0.25) is 0 Å². The molecule has 0 saturated carbocycles. The van der Waals surface area contributed by atoms with Crippen LogP contribution in [0.2, 0.25) is 5.02 Å². The summed E-state index contributed by atoms with van der Waals surface area (Å²) in [7, 11) is 0. The summed E-state index contributed by atoms with van der Waals surface area (Å²) in [5.74, 6) is 2.05. The number of hydrogen-bond acceptors (Lipinski definition) is 2. The summed E-state index contributed by atoms with van der Waals surface area (Å²) in [6.45, 7) is 1.77. The molecule has 5 heteroatoms. The molecule has 106 valence electrons. The van der Waals surface area contributed by atoms with Crippen LogP contribution in [0.5, 0.6) is 0 Å². The van der Waals surface area contributed by atoms with E-state index in [1.54, 1.807) is 6.92 Å². The van der Waals surface area contributed by atoms with Gasteiger partial charge in [-0.05, 0) is 47.9 Å². The number of thioether (sulfide) groups is 1. The van der Waals surface area contributed by atoms with Gasteiger partial charge in [0.05, 0.1) is 4.83 Å². The lowest BCUT2D eigenvalue weighted by molar-refractivity contribution is 0.618. The first-order valence-corrected chi connectivity index (χ1v) is 9.61. The summed E-state index contributed by atoms with van der Waals surface area (Å²) < 4.78 is 13.5. The van der Waals surface area contributed by atoms with Gasteiger partial charge in [0.25, 0.3) is 0 Å². The minimum Gasteiger partial charge on any atom is -0.207 e. The molecule has 0 saturated heterocycles. The zero-order valence-electron chi connectivity index (χ0n) is 10.9. The van der Waals surface area contributed by atoms with Crippen molar-refractivity contribution in [2.45, 2.75) is 23.9 Å². The molecule has 1 aromatic heterocycles. The van der Waals surface area contributed by atoms with Crippen molar-refractivity contribution in [3.63, 3.8) is 0 Å². The predicted octanol–water partition coefficient (Wildman–Crippen LogP) is 6.12. The molecule has 0 amide bonds. The minimum absolute atomic E-state index is 0.0369. The molecule has 0 fully saturated rings. The molecule has 3 rings (SSSR count). The van der Waals surface area contributed by atoms with Gasteiger partial charge in [-0.15, -0.1) is 11.3 Å². The number of fused-ring (bicyclic) bond motifs is 1. The Hall–Kier alpha value is -0.0300. The molecule has 0 bridgehead atoms. The Labute approximate surface area is 139 Å². The van der Waals surface area contributed by atoms with Gasteiger partial charge < -0.3 is 0 Å².